The third-order valence-electron chi connectivity index (χ3n) is 23.9. The number of amides is 17. The number of guanidine groups is 1. The van der Waals surface area contributed by atoms with Gasteiger partial charge in [-0.3, -0.25) is 86.9 Å². The summed E-state index contributed by atoms with van der Waals surface area (Å²) in [7, 11) is 2.70. The molecule has 3 aromatic heterocycles. The number of thiophene rings is 1. The molecule has 6 heterocycles. The number of rotatable bonds is 26. The normalized spacial score (nSPS) is 24.4. The summed E-state index contributed by atoms with van der Waals surface area (Å²) in [5.74, 6) is -18.3. The van der Waals surface area contributed by atoms with Crippen molar-refractivity contribution >= 4 is 150 Å². The van der Waals surface area contributed by atoms with E-state index in [4.69, 9.17) is 22.6 Å². The van der Waals surface area contributed by atoms with Gasteiger partial charge < -0.3 is 126 Å². The standard InChI is InChI=1S/C91H127N23O20S2/c1-9-11-23-68-82(127)102-59(22-17-31-97-90(94)95)77(122)108-67(76(121)99-42-74(93)119)46-135-47-75(120)101-60(34-50-27-29-54(116)30-28-50)81(126)110-91(5,6)89(134)109-65(39-73(92)118)86(131)113-32-18-25-69(113)83(128)104-62(37-53-41-96-48-100-53)79(124)105-63(33-49(3)4)87(132)114-43-55(117)38-71(114)84(129)103-61(35-51-40-98-58-21-15-13-19-56(51)58)78(123)107-66(44-115)80(125)106-64(36-52-45-136-72-26-16-14-20-57(52)72)85(130)112(8)70(24-12-10-2)88(133)111(68)7/h13-16,19-21,26-30,40-41,45,48-49,55,59-71,98,115-117H,9-12,17-18,22-25,31-39,42-44,46-47H2,1-8H3,(H2,92,118)(H2,93,119)(H,96,100)(H,99,121)(H,101,120)(H,102,127)(H,103,129)(H,104,128)(H,105,124)(H,106,125)(H,107,123)(H,108,122)(H,109,134)(H,110,126)(H4,94,95,97)/t55-,59+,60+,61?,62+,63-,64+,65+,66+,67?,68+,69+,70+,71+/m1/s1. The minimum Gasteiger partial charge on any atom is -0.508 e. The van der Waals surface area contributed by atoms with E-state index in [-0.39, 0.29) is 101 Å². The SMILES string of the molecule is CCCC[C@H]1C(=O)N(C)[C@@H](CCCC)C(=O)N[C@@H](CCCNC(=N)N)C(=O)NC(C(=O)NCC(N)=O)CSCC(=O)N[C@@H](Cc2ccc(O)cc2)C(=O)NC(C)(C)C(=O)N[C@@H](CC(N)=O)C(=O)N2CCC[C@H]2C(=O)N[C@@H](Cc2c[nH]cn2)C(=O)N[C@H](CC(C)C)C(=O)N2C[C@H](O)C[C@H]2C(=O)NC(Cc2c[nH]c3ccccc23)C(=O)N[C@@H](CO)C(=O)N[C@@H](Cc2csc3ccccc23)C(=O)N1C. The van der Waals surface area contributed by atoms with E-state index in [1.54, 1.807) is 55.8 Å². The van der Waals surface area contributed by atoms with Gasteiger partial charge in [0.05, 0.1) is 43.5 Å². The largest absolute Gasteiger partial charge is 0.508 e. The lowest BCUT2D eigenvalue weighted by molar-refractivity contribution is -0.149. The first-order chi connectivity index (χ1) is 64.7. The second-order valence-electron chi connectivity index (χ2n) is 35.3. The molecule has 2 unspecified atom stereocenters. The number of aliphatic hydroxyl groups is 2. The van der Waals surface area contributed by atoms with Crippen molar-refractivity contribution in [1.82, 2.24) is 98.4 Å². The number of phenolic OH excluding ortho intramolecular Hbond substituents is 1. The van der Waals surface area contributed by atoms with Crippen LogP contribution >= 0.6 is 23.1 Å². The Kier molecular flexibility index (Phi) is 39.4. The first-order valence-electron chi connectivity index (χ1n) is 45.4. The summed E-state index contributed by atoms with van der Waals surface area (Å²) in [6.07, 6.45) is 2.08. The minimum absolute atomic E-state index is 0.00606. The van der Waals surface area contributed by atoms with Crippen LogP contribution in [0, 0.1) is 11.3 Å². The quantitative estimate of drug-likeness (QED) is 0.0156. The molecule has 17 amide bonds. The van der Waals surface area contributed by atoms with Crippen LogP contribution in [0.25, 0.3) is 21.0 Å². The van der Waals surface area contributed by atoms with Crippen molar-refractivity contribution in [2.45, 2.75) is 241 Å². The number of aromatic nitrogens is 3. The number of unbranched alkanes of at least 4 members (excludes halogenated alkanes) is 2. The van der Waals surface area contributed by atoms with Crippen molar-refractivity contribution in [3.05, 3.63) is 119 Å². The fourth-order valence-corrected chi connectivity index (χ4v) is 18.4. The number of nitrogens with zero attached hydrogens (tertiary/aromatic N) is 5. The van der Waals surface area contributed by atoms with Gasteiger partial charge in [-0.1, -0.05) is 102 Å². The van der Waals surface area contributed by atoms with Crippen molar-refractivity contribution in [3.8, 4) is 5.75 Å². The molecule has 3 aliphatic heterocycles. The first kappa shape index (κ1) is 106. The zero-order valence-corrected chi connectivity index (χ0v) is 79.1. The average molecular weight is 1930 g/mol. The molecule has 0 radical (unpaired) electrons. The number of phenols is 1. The van der Waals surface area contributed by atoms with E-state index in [2.05, 4.69) is 78.8 Å². The number of nitrogens with two attached hydrogens (primary N) is 3. The number of imidazole rings is 1. The fraction of sp³-hybridized carbons (Fsp3) is 0.527. The molecule has 738 valence electrons. The molecular weight excluding hydrogens is 1800 g/mol. The number of para-hydroxylation sites is 1. The molecule has 136 heavy (non-hydrogen) atoms. The fourth-order valence-electron chi connectivity index (χ4n) is 16.6. The lowest BCUT2D eigenvalue weighted by Crippen LogP contribution is -2.63. The van der Waals surface area contributed by atoms with Crippen LogP contribution in [0.15, 0.2) is 96.9 Å². The van der Waals surface area contributed by atoms with Crippen LogP contribution in [0.3, 0.4) is 0 Å². The van der Waals surface area contributed by atoms with Gasteiger partial charge in [0, 0.05) is 99.6 Å². The van der Waals surface area contributed by atoms with Crippen LogP contribution in [0.1, 0.15) is 147 Å². The molecule has 0 bridgehead atoms. The van der Waals surface area contributed by atoms with Crippen molar-refractivity contribution in [2.24, 2.45) is 23.1 Å². The Labute approximate surface area is 794 Å². The summed E-state index contributed by atoms with van der Waals surface area (Å²) in [6, 6.07) is -0.650. The van der Waals surface area contributed by atoms with Crippen molar-refractivity contribution in [3.63, 3.8) is 0 Å². The Morgan fingerprint density at radius 3 is 1.85 bits per heavy atom. The van der Waals surface area contributed by atoms with Gasteiger partial charge in [-0.25, -0.2) is 4.98 Å². The smallest absolute Gasteiger partial charge is 0.246 e. The molecule has 3 aliphatic rings. The topological polar surface area (TPSA) is 655 Å². The summed E-state index contributed by atoms with van der Waals surface area (Å²) < 4.78 is 0.810. The van der Waals surface area contributed by atoms with Crippen LogP contribution in [0.2, 0.25) is 0 Å². The number of aromatic hydroxyl groups is 1. The summed E-state index contributed by atoms with van der Waals surface area (Å²) >= 11 is 2.10. The van der Waals surface area contributed by atoms with Gasteiger partial charge in [0.15, 0.2) is 5.96 Å². The van der Waals surface area contributed by atoms with Gasteiger partial charge in [-0.15, -0.1) is 23.1 Å². The highest BCUT2D eigenvalue weighted by atomic mass is 32.2. The third kappa shape index (κ3) is 29.8. The lowest BCUT2D eigenvalue weighted by Gasteiger charge is -2.36. The zero-order valence-electron chi connectivity index (χ0n) is 77.4. The molecule has 0 saturated carbocycles. The monoisotopic (exact) mass is 1930 g/mol. The average Bonchev–Trinajstić information content (AvgIpc) is 1.75. The maximum absolute atomic E-state index is 15.8. The van der Waals surface area contributed by atoms with Gasteiger partial charge in [0.2, 0.25) is 100 Å². The maximum Gasteiger partial charge on any atom is 0.246 e. The predicted octanol–water partition coefficient (Wildman–Crippen LogP) is -2.15. The molecule has 45 heteroatoms. The molecule has 6 aromatic rings. The molecule has 3 fully saturated rings. The van der Waals surface area contributed by atoms with E-state index in [1.807, 2.05) is 32.0 Å². The number of primary amides is 2. The van der Waals surface area contributed by atoms with Crippen LogP contribution in [0.4, 0.5) is 0 Å². The summed E-state index contributed by atoms with van der Waals surface area (Å²) in [5, 5.41) is 75.5. The predicted molar refractivity (Wildman–Crippen MR) is 503 cm³/mol. The van der Waals surface area contributed by atoms with Crippen LogP contribution < -0.4 is 81.0 Å². The van der Waals surface area contributed by atoms with E-state index >= 15 is 38.4 Å². The van der Waals surface area contributed by atoms with Gasteiger partial charge in [0.1, 0.15) is 89.8 Å². The molecule has 14 atom stereocenters. The van der Waals surface area contributed by atoms with Crippen molar-refractivity contribution in [2.75, 3.05) is 58.4 Å². The number of hydrogen-bond donors (Lipinski definition) is 21. The third-order valence-corrected chi connectivity index (χ3v) is 25.9. The number of benzene rings is 3. The molecule has 0 aliphatic carbocycles. The molecule has 24 N–H and O–H groups in total. The number of fused-ring (bicyclic) bond motifs is 4. The second-order valence-corrected chi connectivity index (χ2v) is 37.3. The highest BCUT2D eigenvalue weighted by Gasteiger charge is 2.47. The Morgan fingerprint density at radius 1 is 0.596 bits per heavy atom. The minimum atomic E-state index is -2.03. The van der Waals surface area contributed by atoms with E-state index in [1.165, 1.54) is 76.1 Å². The number of nitrogens with one attached hydrogen (secondary N) is 15. The van der Waals surface area contributed by atoms with Crippen LogP contribution in [0.5, 0.6) is 5.75 Å². The lowest BCUT2D eigenvalue weighted by atomic mass is 9.99. The summed E-state index contributed by atoms with van der Waals surface area (Å²) in [5.41, 5.74) is 17.1. The molecule has 3 aromatic carbocycles. The van der Waals surface area contributed by atoms with Crippen LogP contribution in [-0.2, 0) is 107 Å². The molecular formula is C91H127N23O20S2. The summed E-state index contributed by atoms with van der Waals surface area (Å²) in [4.78, 5) is 265. The van der Waals surface area contributed by atoms with Gasteiger partial charge in [-0.05, 0) is 116 Å². The Balaban J connectivity index is 1.10. The van der Waals surface area contributed by atoms with Gasteiger partial charge >= 0.3 is 0 Å². The molecule has 0 spiro atoms. The number of hydrogen-bond acceptors (Lipinski definition) is 24. The highest BCUT2D eigenvalue weighted by molar-refractivity contribution is 8.00. The number of H-pyrrole nitrogens is 2. The summed E-state index contributed by atoms with van der Waals surface area (Å²) in [6.45, 7) is 7.21. The number of aliphatic hydroxyl groups excluding tert-OH is 2. The molecule has 3 saturated heterocycles. The number of aromatic amines is 2. The van der Waals surface area contributed by atoms with E-state index < -0.39 is 241 Å². The number of carbonyl (C=O) groups is 17. The van der Waals surface area contributed by atoms with Gasteiger partial charge in [0.25, 0.3) is 0 Å². The number of likely N-dealkylation sites (N-methyl/N-ethyl adjacent to an activating group) is 2. The molecule has 43 nitrogen and oxygen atoms in total. The number of carbonyl (C=O) groups excluding carboxylic acids is 17. The Bertz CT molecular complexity index is 5270. The van der Waals surface area contributed by atoms with E-state index in [0.29, 0.717) is 58.7 Å². The van der Waals surface area contributed by atoms with Crippen molar-refractivity contribution < 1.29 is 96.8 Å². The maximum atomic E-state index is 15.8. The number of thioether (sulfide) groups is 1. The molecule has 9 rings (SSSR count). The second kappa shape index (κ2) is 50.3. The van der Waals surface area contributed by atoms with E-state index in [9.17, 15) is 58.5 Å². The van der Waals surface area contributed by atoms with Crippen LogP contribution in [-0.4, -0.2) is 305 Å². The Morgan fingerprint density at radius 2 is 1.19 bits per heavy atom. The highest BCUT2D eigenvalue weighted by Crippen LogP contribution is 2.30. The van der Waals surface area contributed by atoms with Gasteiger partial charge in [-0.2, -0.15) is 0 Å². The van der Waals surface area contributed by atoms with E-state index in [0.717, 1.165) is 36.1 Å². The Hall–Kier alpha value is -13.3. The van der Waals surface area contributed by atoms with Crippen molar-refractivity contribution in [1.29, 1.82) is 5.41 Å². The first-order valence-corrected chi connectivity index (χ1v) is 47.5. The zero-order chi connectivity index (χ0) is 99.4.